The molecule has 0 amide bonds. The van der Waals surface area contributed by atoms with E-state index in [9.17, 15) is 4.39 Å². The fourth-order valence-corrected chi connectivity index (χ4v) is 0.979. The maximum absolute atomic E-state index is 12.5. The number of nitrogens with zero attached hydrogens (tertiary/aromatic N) is 2. The van der Waals surface area contributed by atoms with E-state index < -0.39 is 0 Å². The number of fused-ring (bicyclic) bond motifs is 1. The first-order chi connectivity index (χ1) is 5.27. The third-order valence-corrected chi connectivity index (χ3v) is 1.51. The van der Waals surface area contributed by atoms with E-state index in [2.05, 4.69) is 5.10 Å². The van der Waals surface area contributed by atoms with Gasteiger partial charge in [-0.25, -0.2) is 8.91 Å². The Hall–Kier alpha value is -1.58. The van der Waals surface area contributed by atoms with Crippen molar-refractivity contribution in [2.45, 2.75) is 0 Å². The van der Waals surface area contributed by atoms with Gasteiger partial charge in [-0.05, 0) is 12.1 Å². The van der Waals surface area contributed by atoms with Crippen LogP contribution in [0.5, 0.6) is 0 Å². The number of hydrogen-bond acceptors (Lipinski definition) is 2. The molecule has 0 aliphatic carbocycles. The van der Waals surface area contributed by atoms with Crippen LogP contribution in [0.1, 0.15) is 0 Å². The third kappa shape index (κ3) is 0.832. The third-order valence-electron chi connectivity index (χ3n) is 1.51. The van der Waals surface area contributed by atoms with Crippen LogP contribution in [-0.4, -0.2) is 9.61 Å². The summed E-state index contributed by atoms with van der Waals surface area (Å²) in [5.41, 5.74) is 6.81. The van der Waals surface area contributed by atoms with Crippen molar-refractivity contribution in [3.63, 3.8) is 0 Å². The van der Waals surface area contributed by atoms with E-state index in [1.54, 1.807) is 6.07 Å². The van der Waals surface area contributed by atoms with Crippen LogP contribution < -0.4 is 5.73 Å². The smallest absolute Gasteiger partial charge is 0.141 e. The molecule has 0 spiro atoms. The Morgan fingerprint density at radius 2 is 2.27 bits per heavy atom. The number of nitrogens with two attached hydrogens (primary N) is 1. The van der Waals surface area contributed by atoms with Gasteiger partial charge >= 0.3 is 0 Å². The highest BCUT2D eigenvalue weighted by molar-refractivity contribution is 5.67. The van der Waals surface area contributed by atoms with Crippen LogP contribution in [0, 0.1) is 5.82 Å². The van der Waals surface area contributed by atoms with Gasteiger partial charge in [0.25, 0.3) is 0 Å². The van der Waals surface area contributed by atoms with E-state index in [-0.39, 0.29) is 5.82 Å². The minimum atomic E-state index is -0.319. The fraction of sp³-hybridized carbons (Fsp3) is 0. The molecule has 0 radical (unpaired) electrons. The summed E-state index contributed by atoms with van der Waals surface area (Å²) in [5, 5.41) is 3.83. The number of halogens is 1. The van der Waals surface area contributed by atoms with Crippen molar-refractivity contribution >= 4 is 11.2 Å². The van der Waals surface area contributed by atoms with Crippen molar-refractivity contribution in [2.75, 3.05) is 5.73 Å². The quantitative estimate of drug-likeness (QED) is 0.611. The van der Waals surface area contributed by atoms with Crippen LogP contribution in [0.15, 0.2) is 24.5 Å². The second-order valence-corrected chi connectivity index (χ2v) is 2.28. The van der Waals surface area contributed by atoms with Gasteiger partial charge in [0, 0.05) is 0 Å². The first-order valence-corrected chi connectivity index (χ1v) is 3.16. The largest absolute Gasteiger partial charge is 0.396 e. The molecule has 0 bridgehead atoms. The lowest BCUT2D eigenvalue weighted by atomic mass is 10.4. The number of pyridine rings is 1. The van der Waals surface area contributed by atoms with Crippen LogP contribution in [0.3, 0.4) is 0 Å². The van der Waals surface area contributed by atoms with Gasteiger partial charge in [-0.15, -0.1) is 0 Å². The van der Waals surface area contributed by atoms with Crippen LogP contribution in [-0.2, 0) is 0 Å². The molecule has 4 heteroatoms. The standard InChI is InChI=1S/C7H6FN3/c8-5-1-2-7-6(9)3-10-11(7)4-5/h1-4H,9H2. The van der Waals surface area contributed by atoms with Gasteiger partial charge in [0.1, 0.15) is 5.82 Å². The lowest BCUT2D eigenvalue weighted by Crippen LogP contribution is -1.88. The molecule has 11 heavy (non-hydrogen) atoms. The van der Waals surface area contributed by atoms with Crippen LogP contribution in [0.2, 0.25) is 0 Å². The lowest BCUT2D eigenvalue weighted by Gasteiger charge is -1.92. The average molecular weight is 151 g/mol. The van der Waals surface area contributed by atoms with Crippen molar-refractivity contribution in [1.82, 2.24) is 9.61 Å². The molecule has 0 atom stereocenters. The Kier molecular flexibility index (Phi) is 1.09. The molecule has 0 fully saturated rings. The first-order valence-electron chi connectivity index (χ1n) is 3.16. The molecule has 2 aromatic rings. The lowest BCUT2D eigenvalue weighted by molar-refractivity contribution is 0.615. The normalized spacial score (nSPS) is 10.6. The van der Waals surface area contributed by atoms with Gasteiger partial charge in [-0.1, -0.05) is 0 Å². The predicted octanol–water partition coefficient (Wildman–Crippen LogP) is 1.06. The van der Waals surface area contributed by atoms with Crippen LogP contribution >= 0.6 is 0 Å². The van der Waals surface area contributed by atoms with E-state index in [4.69, 9.17) is 5.73 Å². The van der Waals surface area contributed by atoms with Gasteiger partial charge in [-0.2, -0.15) is 5.10 Å². The van der Waals surface area contributed by atoms with E-state index in [1.807, 2.05) is 0 Å². The second kappa shape index (κ2) is 1.95. The molecule has 0 aliphatic heterocycles. The highest BCUT2D eigenvalue weighted by Gasteiger charge is 1.99. The number of anilines is 1. The maximum atomic E-state index is 12.5. The van der Waals surface area contributed by atoms with Crippen LogP contribution in [0.25, 0.3) is 5.52 Å². The first kappa shape index (κ1) is 6.15. The summed E-state index contributed by atoms with van der Waals surface area (Å²) in [6.07, 6.45) is 2.78. The van der Waals surface area contributed by atoms with Gasteiger partial charge < -0.3 is 5.73 Å². The summed E-state index contributed by atoms with van der Waals surface area (Å²) in [5.74, 6) is -0.319. The van der Waals surface area contributed by atoms with Crippen molar-refractivity contribution in [3.05, 3.63) is 30.3 Å². The monoisotopic (exact) mass is 151 g/mol. The summed E-state index contributed by atoms with van der Waals surface area (Å²) < 4.78 is 14.0. The Balaban J connectivity index is 2.86. The minimum absolute atomic E-state index is 0.319. The molecular formula is C7H6FN3. The summed E-state index contributed by atoms with van der Waals surface area (Å²) in [6.45, 7) is 0. The predicted molar refractivity (Wildman–Crippen MR) is 39.6 cm³/mol. The van der Waals surface area contributed by atoms with Gasteiger partial charge in [0.15, 0.2) is 0 Å². The van der Waals surface area contributed by atoms with E-state index >= 15 is 0 Å². The topological polar surface area (TPSA) is 43.3 Å². The van der Waals surface area contributed by atoms with E-state index in [0.29, 0.717) is 5.69 Å². The SMILES string of the molecule is Nc1cnn2cc(F)ccc12. The molecule has 0 aliphatic rings. The van der Waals surface area contributed by atoms with Gasteiger partial charge in [-0.3, -0.25) is 0 Å². The summed E-state index contributed by atoms with van der Waals surface area (Å²) in [6, 6.07) is 2.95. The molecule has 56 valence electrons. The zero-order valence-corrected chi connectivity index (χ0v) is 5.66. The van der Waals surface area contributed by atoms with Gasteiger partial charge in [0.2, 0.25) is 0 Å². The Bertz CT molecular complexity index is 393. The molecule has 2 heterocycles. The summed E-state index contributed by atoms with van der Waals surface area (Å²) in [4.78, 5) is 0. The maximum Gasteiger partial charge on any atom is 0.141 e. The highest BCUT2D eigenvalue weighted by Crippen LogP contribution is 2.11. The Morgan fingerprint density at radius 3 is 3.09 bits per heavy atom. The van der Waals surface area contributed by atoms with Crippen molar-refractivity contribution in [3.8, 4) is 0 Å². The zero-order chi connectivity index (χ0) is 7.84. The molecule has 3 nitrogen and oxygen atoms in total. The second-order valence-electron chi connectivity index (χ2n) is 2.28. The fourth-order valence-electron chi connectivity index (χ4n) is 0.979. The molecule has 0 aromatic carbocycles. The molecule has 0 saturated heterocycles. The zero-order valence-electron chi connectivity index (χ0n) is 5.66. The minimum Gasteiger partial charge on any atom is -0.396 e. The number of aromatic nitrogens is 2. The molecule has 0 saturated carbocycles. The number of hydrogen-bond donors (Lipinski definition) is 1. The summed E-state index contributed by atoms with van der Waals surface area (Å²) in [7, 11) is 0. The Morgan fingerprint density at radius 1 is 1.45 bits per heavy atom. The molecule has 2 aromatic heterocycles. The van der Waals surface area contributed by atoms with Crippen molar-refractivity contribution in [1.29, 1.82) is 0 Å². The van der Waals surface area contributed by atoms with E-state index in [1.165, 1.54) is 23.0 Å². The number of nitrogen functional groups attached to an aromatic ring is 1. The highest BCUT2D eigenvalue weighted by atomic mass is 19.1. The molecule has 2 rings (SSSR count). The van der Waals surface area contributed by atoms with Gasteiger partial charge in [0.05, 0.1) is 23.6 Å². The summed E-state index contributed by atoms with van der Waals surface area (Å²) >= 11 is 0. The average Bonchev–Trinajstić information content (AvgIpc) is 2.32. The number of rotatable bonds is 0. The van der Waals surface area contributed by atoms with Crippen molar-refractivity contribution < 1.29 is 4.39 Å². The Labute approximate surface area is 62.2 Å². The molecule has 2 N–H and O–H groups in total. The van der Waals surface area contributed by atoms with Crippen molar-refractivity contribution in [2.24, 2.45) is 0 Å². The van der Waals surface area contributed by atoms with Crippen LogP contribution in [0.4, 0.5) is 10.1 Å². The molecular weight excluding hydrogens is 145 g/mol. The van der Waals surface area contributed by atoms with E-state index in [0.717, 1.165) is 5.52 Å². The molecule has 0 unspecified atom stereocenters.